The van der Waals surface area contributed by atoms with Gasteiger partial charge in [0.05, 0.1) is 12.2 Å². The molecule has 0 amide bonds. The van der Waals surface area contributed by atoms with Crippen LogP contribution in [-0.2, 0) is 0 Å². The fourth-order valence-corrected chi connectivity index (χ4v) is 2.02. The second-order valence-electron chi connectivity index (χ2n) is 4.45. The van der Waals surface area contributed by atoms with Crippen LogP contribution in [0.2, 0.25) is 0 Å². The highest BCUT2D eigenvalue weighted by molar-refractivity contribution is 4.86. The first-order valence-corrected chi connectivity index (χ1v) is 5.91. The highest BCUT2D eigenvalue weighted by atomic mass is 16.4. The summed E-state index contributed by atoms with van der Waals surface area (Å²) in [6, 6.07) is 0. The molecule has 4 heteroatoms. The van der Waals surface area contributed by atoms with Crippen LogP contribution >= 0.6 is 0 Å². The Hall–Kier alpha value is -0.160. The van der Waals surface area contributed by atoms with Gasteiger partial charge in [-0.2, -0.15) is 0 Å². The smallest absolute Gasteiger partial charge is 0.108 e. The maximum absolute atomic E-state index is 9.47. The highest BCUT2D eigenvalue weighted by Gasteiger charge is 2.32. The lowest BCUT2D eigenvalue weighted by atomic mass is 10.0. The Morgan fingerprint density at radius 3 is 2.13 bits per heavy atom. The van der Waals surface area contributed by atoms with Crippen molar-refractivity contribution < 1.29 is 15.3 Å². The Balaban J connectivity index is 2.20. The monoisotopic (exact) mass is 217 g/mol. The summed E-state index contributed by atoms with van der Waals surface area (Å²) in [5.41, 5.74) is 0. The summed E-state index contributed by atoms with van der Waals surface area (Å²) in [6.45, 7) is 4.03. The van der Waals surface area contributed by atoms with Crippen molar-refractivity contribution in [3.05, 3.63) is 0 Å². The molecule has 1 fully saturated rings. The van der Waals surface area contributed by atoms with Crippen molar-refractivity contribution in [1.82, 2.24) is 4.90 Å². The van der Waals surface area contributed by atoms with Gasteiger partial charge in [0.2, 0.25) is 0 Å². The van der Waals surface area contributed by atoms with Crippen LogP contribution < -0.4 is 0 Å². The second-order valence-corrected chi connectivity index (χ2v) is 4.45. The molecule has 90 valence electrons. The molecule has 2 atom stereocenters. The molecule has 0 saturated carbocycles. The summed E-state index contributed by atoms with van der Waals surface area (Å²) in [5, 5.41) is 28.3. The van der Waals surface area contributed by atoms with Crippen LogP contribution in [0, 0.1) is 0 Å². The van der Waals surface area contributed by atoms with Crippen LogP contribution in [0.5, 0.6) is 0 Å². The van der Waals surface area contributed by atoms with E-state index in [1.54, 1.807) is 0 Å². The molecule has 1 aliphatic heterocycles. The zero-order valence-electron chi connectivity index (χ0n) is 9.47. The van der Waals surface area contributed by atoms with E-state index in [1.165, 1.54) is 19.3 Å². The summed E-state index contributed by atoms with van der Waals surface area (Å²) in [7, 11) is 0. The molecule has 0 spiro atoms. The van der Waals surface area contributed by atoms with Crippen molar-refractivity contribution in [1.29, 1.82) is 0 Å². The predicted molar refractivity (Wildman–Crippen MR) is 58.6 cm³/mol. The van der Waals surface area contributed by atoms with Crippen LogP contribution in [0.15, 0.2) is 0 Å². The first-order valence-electron chi connectivity index (χ1n) is 5.91. The van der Waals surface area contributed by atoms with Crippen molar-refractivity contribution in [3.8, 4) is 0 Å². The van der Waals surface area contributed by atoms with Gasteiger partial charge in [-0.25, -0.2) is 0 Å². The van der Waals surface area contributed by atoms with Crippen molar-refractivity contribution >= 4 is 0 Å². The van der Waals surface area contributed by atoms with Crippen molar-refractivity contribution in [2.24, 2.45) is 0 Å². The Kier molecular flexibility index (Phi) is 5.53. The molecule has 0 radical (unpaired) electrons. The third-order valence-electron chi connectivity index (χ3n) is 3.01. The van der Waals surface area contributed by atoms with Crippen molar-refractivity contribution in [2.45, 2.75) is 50.9 Å². The molecule has 0 aromatic carbocycles. The summed E-state index contributed by atoms with van der Waals surface area (Å²) in [4.78, 5) is 2.03. The first-order chi connectivity index (χ1) is 7.15. The Morgan fingerprint density at radius 1 is 1.00 bits per heavy atom. The fourth-order valence-electron chi connectivity index (χ4n) is 2.02. The van der Waals surface area contributed by atoms with E-state index in [2.05, 4.69) is 6.92 Å². The quantitative estimate of drug-likeness (QED) is 0.566. The lowest BCUT2D eigenvalue weighted by Crippen LogP contribution is -2.55. The SMILES string of the molecule is CCCCCCN1CC(O)C(O)C(O)C1. The van der Waals surface area contributed by atoms with Gasteiger partial charge in [0.15, 0.2) is 0 Å². The number of unbranched alkanes of at least 4 members (excludes halogenated alkanes) is 3. The Labute approximate surface area is 91.5 Å². The van der Waals surface area contributed by atoms with Gasteiger partial charge in [-0.15, -0.1) is 0 Å². The topological polar surface area (TPSA) is 63.9 Å². The molecule has 4 nitrogen and oxygen atoms in total. The third kappa shape index (κ3) is 4.07. The van der Waals surface area contributed by atoms with Gasteiger partial charge in [0, 0.05) is 13.1 Å². The maximum atomic E-state index is 9.47. The average Bonchev–Trinajstić information content (AvgIpc) is 2.21. The molecule has 15 heavy (non-hydrogen) atoms. The number of rotatable bonds is 5. The van der Waals surface area contributed by atoms with Gasteiger partial charge in [-0.05, 0) is 13.0 Å². The average molecular weight is 217 g/mol. The summed E-state index contributed by atoms with van der Waals surface area (Å²) < 4.78 is 0. The van der Waals surface area contributed by atoms with Gasteiger partial charge in [-0.3, -0.25) is 4.90 Å². The van der Waals surface area contributed by atoms with E-state index in [0.717, 1.165) is 13.0 Å². The van der Waals surface area contributed by atoms with Gasteiger partial charge >= 0.3 is 0 Å². The molecule has 1 aliphatic rings. The van der Waals surface area contributed by atoms with E-state index in [-0.39, 0.29) is 0 Å². The number of hydrogen-bond acceptors (Lipinski definition) is 4. The number of aliphatic hydroxyl groups is 3. The van der Waals surface area contributed by atoms with E-state index < -0.39 is 18.3 Å². The van der Waals surface area contributed by atoms with Gasteiger partial charge in [-0.1, -0.05) is 26.2 Å². The second kappa shape index (κ2) is 6.43. The zero-order valence-corrected chi connectivity index (χ0v) is 9.47. The predicted octanol–water partition coefficient (Wildman–Crippen LogP) is -0.0350. The summed E-state index contributed by atoms with van der Waals surface area (Å²) in [6.07, 6.45) is 2.16. The lowest BCUT2D eigenvalue weighted by Gasteiger charge is -2.36. The normalized spacial score (nSPS) is 33.2. The Morgan fingerprint density at radius 2 is 1.60 bits per heavy atom. The fraction of sp³-hybridized carbons (Fsp3) is 1.00. The molecule has 0 bridgehead atoms. The minimum Gasteiger partial charge on any atom is -0.389 e. The lowest BCUT2D eigenvalue weighted by molar-refractivity contribution is -0.109. The van der Waals surface area contributed by atoms with E-state index in [4.69, 9.17) is 0 Å². The minimum absolute atomic E-state index is 0.477. The van der Waals surface area contributed by atoms with Crippen LogP contribution in [0.3, 0.4) is 0 Å². The van der Waals surface area contributed by atoms with Gasteiger partial charge in [0.1, 0.15) is 6.10 Å². The third-order valence-corrected chi connectivity index (χ3v) is 3.01. The molecular formula is C11H23NO3. The largest absolute Gasteiger partial charge is 0.389 e. The molecular weight excluding hydrogens is 194 g/mol. The maximum Gasteiger partial charge on any atom is 0.108 e. The van der Waals surface area contributed by atoms with E-state index in [1.807, 2.05) is 4.90 Å². The van der Waals surface area contributed by atoms with Crippen LogP contribution in [0.4, 0.5) is 0 Å². The number of β-amino-alcohol motifs (C(OH)–C–C–N with tert-alkyl or cyclic N) is 2. The van der Waals surface area contributed by atoms with Gasteiger partial charge in [0.25, 0.3) is 0 Å². The number of piperidine rings is 1. The van der Waals surface area contributed by atoms with Gasteiger partial charge < -0.3 is 15.3 Å². The van der Waals surface area contributed by atoms with Crippen LogP contribution in [-0.4, -0.2) is 58.2 Å². The number of aliphatic hydroxyl groups excluding tert-OH is 3. The van der Waals surface area contributed by atoms with Crippen molar-refractivity contribution in [2.75, 3.05) is 19.6 Å². The molecule has 2 unspecified atom stereocenters. The molecule has 0 aromatic rings. The van der Waals surface area contributed by atoms with E-state index >= 15 is 0 Å². The molecule has 1 heterocycles. The summed E-state index contributed by atoms with van der Waals surface area (Å²) >= 11 is 0. The molecule has 1 rings (SSSR count). The number of hydrogen-bond donors (Lipinski definition) is 3. The van der Waals surface area contributed by atoms with Crippen LogP contribution in [0.1, 0.15) is 32.6 Å². The Bertz CT molecular complexity index is 165. The molecule has 0 aromatic heterocycles. The zero-order chi connectivity index (χ0) is 11.3. The molecule has 0 aliphatic carbocycles. The minimum atomic E-state index is -0.975. The number of nitrogens with zero attached hydrogens (tertiary/aromatic N) is 1. The molecule has 1 saturated heterocycles. The van der Waals surface area contributed by atoms with Crippen LogP contribution in [0.25, 0.3) is 0 Å². The first kappa shape index (κ1) is 12.9. The number of likely N-dealkylation sites (tertiary alicyclic amines) is 1. The molecule has 3 N–H and O–H groups in total. The summed E-state index contributed by atoms with van der Waals surface area (Å²) in [5.74, 6) is 0. The van der Waals surface area contributed by atoms with E-state index in [0.29, 0.717) is 13.1 Å². The highest BCUT2D eigenvalue weighted by Crippen LogP contribution is 2.12. The van der Waals surface area contributed by atoms with E-state index in [9.17, 15) is 15.3 Å². The standard InChI is InChI=1S/C11H23NO3/c1-2-3-4-5-6-12-7-9(13)11(15)10(14)8-12/h9-11,13-15H,2-8H2,1H3. The van der Waals surface area contributed by atoms with Crippen molar-refractivity contribution in [3.63, 3.8) is 0 Å².